The Morgan fingerprint density at radius 1 is 1.33 bits per heavy atom. The predicted octanol–water partition coefficient (Wildman–Crippen LogP) is 2.32. The molecule has 2 rings (SSSR count). The van der Waals surface area contributed by atoms with Crippen LogP contribution in [0.5, 0.6) is 0 Å². The highest BCUT2D eigenvalue weighted by Gasteiger charge is 2.27. The third kappa shape index (κ3) is 3.96. The van der Waals surface area contributed by atoms with Crippen LogP contribution in [-0.4, -0.2) is 29.4 Å². The zero-order chi connectivity index (χ0) is 15.2. The number of nitrogens with zero attached hydrogens (tertiary/aromatic N) is 2. The van der Waals surface area contributed by atoms with Crippen molar-refractivity contribution in [1.82, 2.24) is 10.2 Å². The van der Waals surface area contributed by atoms with Gasteiger partial charge in [0.15, 0.2) is 0 Å². The molecule has 1 aromatic carbocycles. The number of carbonyl (C=O) groups is 2. The van der Waals surface area contributed by atoms with E-state index in [9.17, 15) is 9.59 Å². The van der Waals surface area contributed by atoms with E-state index in [1.54, 1.807) is 29.2 Å². The minimum Gasteiger partial charge on any atom is -0.332 e. The second-order valence-electron chi connectivity index (χ2n) is 4.91. The summed E-state index contributed by atoms with van der Waals surface area (Å²) in [6.45, 7) is 0.575. The highest BCUT2D eigenvalue weighted by molar-refractivity contribution is 6.30. The van der Waals surface area contributed by atoms with Crippen molar-refractivity contribution in [3.8, 4) is 6.07 Å². The van der Waals surface area contributed by atoms with Crippen LogP contribution in [0.2, 0.25) is 5.02 Å². The smallest absolute Gasteiger partial charge is 0.252 e. The van der Waals surface area contributed by atoms with Gasteiger partial charge in [-0.1, -0.05) is 11.6 Å². The van der Waals surface area contributed by atoms with Crippen molar-refractivity contribution in [1.29, 1.82) is 5.26 Å². The maximum atomic E-state index is 12.2. The summed E-state index contributed by atoms with van der Waals surface area (Å²) in [5.74, 6) is -0.480. The number of rotatable bonds is 3. The van der Waals surface area contributed by atoms with Crippen LogP contribution in [0.25, 0.3) is 0 Å². The molecular weight excluding hydrogens is 290 g/mol. The number of nitrogens with one attached hydrogen (secondary N) is 1. The van der Waals surface area contributed by atoms with E-state index in [1.807, 2.05) is 6.07 Å². The van der Waals surface area contributed by atoms with Crippen molar-refractivity contribution in [2.45, 2.75) is 31.8 Å². The monoisotopic (exact) mass is 305 g/mol. The number of nitriles is 1. The highest BCUT2D eigenvalue weighted by atomic mass is 35.5. The van der Waals surface area contributed by atoms with Gasteiger partial charge in [0.05, 0.1) is 6.07 Å². The van der Waals surface area contributed by atoms with Crippen molar-refractivity contribution in [3.63, 3.8) is 0 Å². The fourth-order valence-corrected chi connectivity index (χ4v) is 2.51. The third-order valence-corrected chi connectivity index (χ3v) is 3.71. The molecule has 0 aromatic heterocycles. The highest BCUT2D eigenvalue weighted by Crippen LogP contribution is 2.17. The molecule has 1 unspecified atom stereocenters. The molecule has 0 aliphatic carbocycles. The summed E-state index contributed by atoms with van der Waals surface area (Å²) in [7, 11) is 0. The van der Waals surface area contributed by atoms with Crippen molar-refractivity contribution in [3.05, 3.63) is 34.9 Å². The topological polar surface area (TPSA) is 73.2 Å². The Morgan fingerprint density at radius 3 is 2.71 bits per heavy atom. The molecule has 0 saturated carbocycles. The molecule has 6 heteroatoms. The molecule has 1 heterocycles. The number of benzene rings is 1. The first-order valence-corrected chi connectivity index (χ1v) is 7.22. The van der Waals surface area contributed by atoms with E-state index in [0.717, 1.165) is 12.8 Å². The molecule has 2 amide bonds. The number of halogens is 1. The van der Waals surface area contributed by atoms with Crippen LogP contribution in [-0.2, 0) is 4.79 Å². The molecule has 0 bridgehead atoms. The van der Waals surface area contributed by atoms with Gasteiger partial charge in [0.2, 0.25) is 5.91 Å². The van der Waals surface area contributed by atoms with Gasteiger partial charge in [0, 0.05) is 17.1 Å². The largest absolute Gasteiger partial charge is 0.332 e. The predicted molar refractivity (Wildman–Crippen MR) is 78.5 cm³/mol. The maximum Gasteiger partial charge on any atom is 0.252 e. The van der Waals surface area contributed by atoms with Crippen LogP contribution >= 0.6 is 11.6 Å². The van der Waals surface area contributed by atoms with Gasteiger partial charge in [-0.3, -0.25) is 9.59 Å². The minimum atomic E-state index is -0.345. The molecule has 5 nitrogen and oxygen atoms in total. The molecule has 1 saturated heterocycles. The van der Waals surface area contributed by atoms with Crippen LogP contribution in [0, 0.1) is 11.3 Å². The van der Waals surface area contributed by atoms with Crippen molar-refractivity contribution >= 4 is 23.4 Å². The summed E-state index contributed by atoms with van der Waals surface area (Å²) >= 11 is 5.79. The molecule has 1 fully saturated rings. The van der Waals surface area contributed by atoms with Crippen LogP contribution in [0.3, 0.4) is 0 Å². The van der Waals surface area contributed by atoms with Gasteiger partial charge in [0.1, 0.15) is 12.6 Å². The van der Waals surface area contributed by atoms with Gasteiger partial charge in [-0.15, -0.1) is 0 Å². The number of carbonyl (C=O) groups excluding carboxylic acids is 2. The summed E-state index contributed by atoms with van der Waals surface area (Å²) in [5.41, 5.74) is 0.498. The van der Waals surface area contributed by atoms with E-state index < -0.39 is 0 Å². The van der Waals surface area contributed by atoms with Crippen LogP contribution in [0.15, 0.2) is 24.3 Å². The number of likely N-dealkylation sites (tertiary alicyclic amines) is 1. The summed E-state index contributed by atoms with van der Waals surface area (Å²) < 4.78 is 0. The maximum absolute atomic E-state index is 12.2. The van der Waals surface area contributed by atoms with E-state index in [-0.39, 0.29) is 24.4 Å². The van der Waals surface area contributed by atoms with Gasteiger partial charge in [-0.2, -0.15) is 5.26 Å². The molecule has 1 aliphatic rings. The van der Waals surface area contributed by atoms with Gasteiger partial charge in [0.25, 0.3) is 5.91 Å². The van der Waals surface area contributed by atoms with Gasteiger partial charge >= 0.3 is 0 Å². The third-order valence-electron chi connectivity index (χ3n) is 3.46. The minimum absolute atomic E-state index is 0.159. The van der Waals surface area contributed by atoms with Gasteiger partial charge < -0.3 is 10.2 Å². The van der Waals surface area contributed by atoms with Crippen LogP contribution in [0.1, 0.15) is 36.0 Å². The quantitative estimate of drug-likeness (QED) is 0.931. The van der Waals surface area contributed by atoms with E-state index in [1.165, 1.54) is 0 Å². The molecular formula is C15H16ClN3O2. The molecule has 110 valence electrons. The van der Waals surface area contributed by atoms with Gasteiger partial charge in [-0.25, -0.2) is 0 Å². The van der Waals surface area contributed by atoms with Crippen molar-refractivity contribution in [2.75, 3.05) is 6.54 Å². The van der Waals surface area contributed by atoms with E-state index in [0.29, 0.717) is 23.6 Å². The molecule has 1 atom stereocenters. The lowest BCUT2D eigenvalue weighted by Gasteiger charge is -2.35. The Bertz CT molecular complexity index is 565. The first kappa shape index (κ1) is 15.3. The Morgan fingerprint density at radius 2 is 2.05 bits per heavy atom. The summed E-state index contributed by atoms with van der Waals surface area (Å²) in [5, 5.41) is 12.1. The van der Waals surface area contributed by atoms with E-state index >= 15 is 0 Å². The summed E-state index contributed by atoms with van der Waals surface area (Å²) in [6, 6.07) is 8.44. The lowest BCUT2D eigenvalue weighted by atomic mass is 10.1. The fraction of sp³-hybridized carbons (Fsp3) is 0.400. The number of hydrogen-bond donors (Lipinski definition) is 1. The van der Waals surface area contributed by atoms with E-state index in [4.69, 9.17) is 16.9 Å². The van der Waals surface area contributed by atoms with Gasteiger partial charge in [-0.05, 0) is 43.5 Å². The normalized spacial score (nSPS) is 17.9. The second-order valence-corrected chi connectivity index (χ2v) is 5.35. The molecule has 21 heavy (non-hydrogen) atoms. The average Bonchev–Trinajstić information content (AvgIpc) is 2.48. The number of hydrogen-bond acceptors (Lipinski definition) is 3. The molecule has 1 aliphatic heterocycles. The van der Waals surface area contributed by atoms with Crippen molar-refractivity contribution < 1.29 is 9.59 Å². The Hall–Kier alpha value is -2.06. The zero-order valence-corrected chi connectivity index (χ0v) is 12.3. The number of piperidine rings is 1. The molecule has 0 spiro atoms. The number of amides is 2. The van der Waals surface area contributed by atoms with Crippen LogP contribution in [0.4, 0.5) is 0 Å². The summed E-state index contributed by atoms with van der Waals surface area (Å²) in [6.07, 6.45) is 2.04. The fourth-order valence-electron chi connectivity index (χ4n) is 2.39. The van der Waals surface area contributed by atoms with Crippen LogP contribution < -0.4 is 5.32 Å². The standard InChI is InChI=1S/C15H16ClN3O2/c16-12-6-4-11(5-7-12)15(21)18-13-3-1-2-10-19(13)14(20)8-9-17/h4-7,13H,1-3,8,10H2,(H,18,21). The van der Waals surface area contributed by atoms with Crippen molar-refractivity contribution in [2.24, 2.45) is 0 Å². The SMILES string of the molecule is N#CCC(=O)N1CCCCC1NC(=O)c1ccc(Cl)cc1. The zero-order valence-electron chi connectivity index (χ0n) is 11.5. The Balaban J connectivity index is 2.05. The lowest BCUT2D eigenvalue weighted by molar-refractivity contribution is -0.134. The molecule has 1 aromatic rings. The Labute approximate surface area is 128 Å². The average molecular weight is 306 g/mol. The lowest BCUT2D eigenvalue weighted by Crippen LogP contribution is -2.53. The first-order valence-electron chi connectivity index (χ1n) is 6.84. The molecule has 0 radical (unpaired) electrons. The first-order chi connectivity index (χ1) is 10.1. The summed E-state index contributed by atoms with van der Waals surface area (Å²) in [4.78, 5) is 25.7. The molecule has 1 N–H and O–H groups in total. The van der Waals surface area contributed by atoms with E-state index in [2.05, 4.69) is 5.32 Å². The Kier molecular flexibility index (Phi) is 5.18. The second kappa shape index (κ2) is 7.09.